The summed E-state index contributed by atoms with van der Waals surface area (Å²) in [5, 5.41) is 5.27. The van der Waals surface area contributed by atoms with Crippen molar-refractivity contribution in [1.82, 2.24) is 15.0 Å². The maximum Gasteiger partial charge on any atom is 0.164 e. The van der Waals surface area contributed by atoms with Crippen LogP contribution in [0.15, 0.2) is 127 Å². The molecule has 5 aliphatic carbocycles. The van der Waals surface area contributed by atoms with Gasteiger partial charge in [0.25, 0.3) is 0 Å². The quantitative estimate of drug-likeness (QED) is 0.198. The van der Waals surface area contributed by atoms with Gasteiger partial charge in [0.15, 0.2) is 17.5 Å². The second kappa shape index (κ2) is 9.93. The highest BCUT2D eigenvalue weighted by atomic mass is 15.0. The molecule has 0 atom stereocenters. The van der Waals surface area contributed by atoms with E-state index in [0.29, 0.717) is 17.5 Å². The highest BCUT2D eigenvalue weighted by Gasteiger charge is 2.61. The third kappa shape index (κ3) is 3.79. The van der Waals surface area contributed by atoms with E-state index in [1.54, 1.807) is 11.1 Å². The van der Waals surface area contributed by atoms with Gasteiger partial charge in [-0.1, -0.05) is 97.1 Å². The van der Waals surface area contributed by atoms with Crippen LogP contribution in [0.2, 0.25) is 0 Å². The maximum atomic E-state index is 5.06. The average molecular weight is 618 g/mol. The van der Waals surface area contributed by atoms with Crippen molar-refractivity contribution in [3.05, 3.63) is 139 Å². The molecule has 0 aliphatic heterocycles. The Bertz CT molecular complexity index is 2330. The first-order valence-electron chi connectivity index (χ1n) is 17.7. The lowest BCUT2D eigenvalue weighted by atomic mass is 9.43. The van der Waals surface area contributed by atoms with Crippen LogP contribution in [0.5, 0.6) is 0 Å². The lowest BCUT2D eigenvalue weighted by Gasteiger charge is -2.61. The first-order valence-corrected chi connectivity index (χ1v) is 17.7. The van der Waals surface area contributed by atoms with Gasteiger partial charge < -0.3 is 0 Å². The summed E-state index contributed by atoms with van der Waals surface area (Å²) in [6, 6.07) is 46.5. The highest BCUT2D eigenvalue weighted by molar-refractivity contribution is 5.99. The Labute approximate surface area is 280 Å². The smallest absolute Gasteiger partial charge is 0.164 e. The Morgan fingerprint density at radius 2 is 0.854 bits per heavy atom. The minimum Gasteiger partial charge on any atom is -0.208 e. The van der Waals surface area contributed by atoms with Crippen molar-refractivity contribution in [3.8, 4) is 45.3 Å². The fourth-order valence-electron chi connectivity index (χ4n) is 10.7. The molecule has 12 rings (SSSR count). The second-order valence-corrected chi connectivity index (χ2v) is 14.9. The maximum absolute atomic E-state index is 5.06. The van der Waals surface area contributed by atoms with Crippen molar-refractivity contribution in [2.75, 3.05) is 0 Å². The number of fused-ring (bicyclic) bond motifs is 5. The SMILES string of the molecule is c1ccc(-c2nc(-c3ccccc3)nc(-c3ccc4cc5c(cc4c3)C3(c4cc6ccccc6cc4-5)C4CC5CC(C4)CC3C5)n2)cc1. The van der Waals surface area contributed by atoms with Gasteiger partial charge in [-0.3, -0.25) is 0 Å². The van der Waals surface area contributed by atoms with Crippen LogP contribution < -0.4 is 0 Å². The molecule has 1 heterocycles. The zero-order valence-electron chi connectivity index (χ0n) is 26.8. The predicted octanol–water partition coefficient (Wildman–Crippen LogP) is 10.9. The van der Waals surface area contributed by atoms with Crippen LogP contribution in [0.3, 0.4) is 0 Å². The standard InChI is InChI=1S/C45H35N3/c1-3-9-29(10-4-1)42-46-43(30-11-5-2-6-12-30)48-44(47-42)34-16-15-33-24-39-38-23-31-13-7-8-14-32(31)25-40(38)45(41(39)26-35(33)22-34)36-18-27-17-28(20-36)21-37(45)19-27/h1-16,22-28,36-37H,17-21H2. The Hall–Kier alpha value is -5.15. The van der Waals surface area contributed by atoms with Crippen LogP contribution in [-0.4, -0.2) is 15.0 Å². The number of rotatable bonds is 3. The van der Waals surface area contributed by atoms with Crippen molar-refractivity contribution < 1.29 is 0 Å². The highest BCUT2D eigenvalue weighted by Crippen LogP contribution is 2.69. The lowest BCUT2D eigenvalue weighted by molar-refractivity contribution is -0.0398. The molecule has 0 unspecified atom stereocenters. The van der Waals surface area contributed by atoms with E-state index in [1.807, 2.05) is 36.4 Å². The first kappa shape index (κ1) is 26.9. The zero-order valence-corrected chi connectivity index (χ0v) is 26.8. The lowest BCUT2D eigenvalue weighted by Crippen LogP contribution is -2.55. The number of nitrogens with zero attached hydrogens (tertiary/aromatic N) is 3. The second-order valence-electron chi connectivity index (χ2n) is 14.9. The zero-order chi connectivity index (χ0) is 31.4. The average Bonchev–Trinajstić information content (AvgIpc) is 3.40. The topological polar surface area (TPSA) is 38.7 Å². The molecule has 0 N–H and O–H groups in total. The van der Waals surface area contributed by atoms with E-state index in [9.17, 15) is 0 Å². The molecule has 0 radical (unpaired) electrons. The number of hydrogen-bond acceptors (Lipinski definition) is 3. The molecule has 3 nitrogen and oxygen atoms in total. The Morgan fingerprint density at radius 3 is 1.42 bits per heavy atom. The van der Waals surface area contributed by atoms with E-state index < -0.39 is 0 Å². The molecule has 5 aliphatic rings. The summed E-state index contributed by atoms with van der Waals surface area (Å²) >= 11 is 0. The summed E-state index contributed by atoms with van der Waals surface area (Å²) in [5.41, 5.74) is 9.24. The van der Waals surface area contributed by atoms with Crippen molar-refractivity contribution >= 4 is 21.5 Å². The molecule has 7 aromatic rings. The molecular weight excluding hydrogens is 583 g/mol. The monoisotopic (exact) mass is 617 g/mol. The molecule has 1 aromatic heterocycles. The van der Waals surface area contributed by atoms with Gasteiger partial charge in [-0.2, -0.15) is 0 Å². The van der Waals surface area contributed by atoms with Crippen LogP contribution in [0.1, 0.15) is 43.2 Å². The van der Waals surface area contributed by atoms with Gasteiger partial charge in [-0.15, -0.1) is 0 Å². The first-order chi connectivity index (χ1) is 23.7. The summed E-state index contributed by atoms with van der Waals surface area (Å²) in [6.45, 7) is 0. The molecule has 3 heteroatoms. The van der Waals surface area contributed by atoms with Crippen LogP contribution in [0.4, 0.5) is 0 Å². The van der Waals surface area contributed by atoms with Gasteiger partial charge in [0, 0.05) is 22.1 Å². The van der Waals surface area contributed by atoms with E-state index in [4.69, 9.17) is 15.0 Å². The van der Waals surface area contributed by atoms with Crippen molar-refractivity contribution in [2.45, 2.75) is 37.5 Å². The molecule has 48 heavy (non-hydrogen) atoms. The van der Waals surface area contributed by atoms with E-state index in [-0.39, 0.29) is 5.41 Å². The number of benzene rings is 6. The fraction of sp³-hybridized carbons (Fsp3) is 0.222. The third-order valence-electron chi connectivity index (χ3n) is 12.4. The van der Waals surface area contributed by atoms with Gasteiger partial charge in [0.2, 0.25) is 0 Å². The molecule has 6 aromatic carbocycles. The van der Waals surface area contributed by atoms with Crippen LogP contribution in [0, 0.1) is 23.7 Å². The van der Waals surface area contributed by atoms with E-state index >= 15 is 0 Å². The number of hydrogen-bond donors (Lipinski definition) is 0. The van der Waals surface area contributed by atoms with Gasteiger partial charge in [-0.05, 0) is 130 Å². The summed E-state index contributed by atoms with van der Waals surface area (Å²) in [4.78, 5) is 15.1. The van der Waals surface area contributed by atoms with E-state index in [1.165, 1.54) is 64.8 Å². The van der Waals surface area contributed by atoms with E-state index in [0.717, 1.165) is 40.4 Å². The van der Waals surface area contributed by atoms with Gasteiger partial charge in [0.1, 0.15) is 0 Å². The van der Waals surface area contributed by atoms with Gasteiger partial charge >= 0.3 is 0 Å². The van der Waals surface area contributed by atoms with Crippen molar-refractivity contribution in [2.24, 2.45) is 23.7 Å². The Kier molecular flexibility index (Phi) is 5.56. The summed E-state index contributed by atoms with van der Waals surface area (Å²) in [6.07, 6.45) is 6.99. The fourth-order valence-corrected chi connectivity index (χ4v) is 10.7. The number of aromatic nitrogens is 3. The van der Waals surface area contributed by atoms with Crippen LogP contribution >= 0.6 is 0 Å². The largest absolute Gasteiger partial charge is 0.208 e. The van der Waals surface area contributed by atoms with E-state index in [2.05, 4.69) is 91.0 Å². The van der Waals surface area contributed by atoms with Crippen molar-refractivity contribution in [3.63, 3.8) is 0 Å². The minimum absolute atomic E-state index is 0.112. The van der Waals surface area contributed by atoms with Crippen LogP contribution in [-0.2, 0) is 5.41 Å². The molecule has 1 spiro atoms. The van der Waals surface area contributed by atoms with Gasteiger partial charge in [-0.25, -0.2) is 15.0 Å². The summed E-state index contributed by atoms with van der Waals surface area (Å²) < 4.78 is 0. The normalized spacial score (nSPS) is 24.8. The minimum atomic E-state index is 0.112. The summed E-state index contributed by atoms with van der Waals surface area (Å²) in [5.74, 6) is 5.39. The Morgan fingerprint density at radius 1 is 0.396 bits per heavy atom. The molecule has 4 bridgehead atoms. The Balaban J connectivity index is 1.12. The third-order valence-corrected chi connectivity index (χ3v) is 12.4. The predicted molar refractivity (Wildman–Crippen MR) is 194 cm³/mol. The molecule has 230 valence electrons. The molecule has 0 amide bonds. The van der Waals surface area contributed by atoms with Crippen molar-refractivity contribution in [1.29, 1.82) is 0 Å². The molecular formula is C45H35N3. The molecule has 4 fully saturated rings. The van der Waals surface area contributed by atoms with Gasteiger partial charge in [0.05, 0.1) is 0 Å². The van der Waals surface area contributed by atoms with Crippen LogP contribution in [0.25, 0.3) is 66.8 Å². The molecule has 0 saturated heterocycles. The molecule has 4 saturated carbocycles. The summed E-state index contributed by atoms with van der Waals surface area (Å²) in [7, 11) is 0.